The van der Waals surface area contributed by atoms with E-state index in [1.54, 1.807) is 12.1 Å². The second kappa shape index (κ2) is 6.62. The maximum atomic E-state index is 12.1. The number of aromatic nitrogens is 2. The van der Waals surface area contributed by atoms with E-state index in [4.69, 9.17) is 10.5 Å². The van der Waals surface area contributed by atoms with Gasteiger partial charge in [0, 0.05) is 17.2 Å². The Morgan fingerprint density at radius 2 is 1.90 bits per heavy atom. The van der Waals surface area contributed by atoms with Crippen LogP contribution in [0.1, 0.15) is 6.92 Å². The van der Waals surface area contributed by atoms with Gasteiger partial charge in [-0.05, 0) is 31.2 Å². The summed E-state index contributed by atoms with van der Waals surface area (Å²) >= 11 is 3.33. The first-order valence-corrected chi connectivity index (χ1v) is 7.30. The van der Waals surface area contributed by atoms with Crippen molar-refractivity contribution in [1.82, 2.24) is 9.13 Å². The number of aryl methyl sites for hydroxylation is 1. The number of halogens is 1. The van der Waals surface area contributed by atoms with Gasteiger partial charge in [0.25, 0.3) is 5.56 Å². The normalized spacial score (nSPS) is 10.6. The Kier molecular flexibility index (Phi) is 4.85. The van der Waals surface area contributed by atoms with Crippen LogP contribution in [0.3, 0.4) is 0 Å². The summed E-state index contributed by atoms with van der Waals surface area (Å²) in [6.07, 6.45) is 1.37. The van der Waals surface area contributed by atoms with Gasteiger partial charge >= 0.3 is 5.69 Å². The van der Waals surface area contributed by atoms with E-state index in [0.29, 0.717) is 12.3 Å². The molecule has 0 aliphatic carbocycles. The fraction of sp³-hybridized carbons (Fsp3) is 0.286. The lowest BCUT2D eigenvalue weighted by molar-refractivity contribution is 0.292. The second-order valence-electron chi connectivity index (χ2n) is 4.41. The van der Waals surface area contributed by atoms with Crippen LogP contribution in [0.5, 0.6) is 5.75 Å². The van der Waals surface area contributed by atoms with Gasteiger partial charge in [0.05, 0.1) is 6.54 Å². The van der Waals surface area contributed by atoms with Crippen molar-refractivity contribution >= 4 is 21.6 Å². The molecule has 0 unspecified atom stereocenters. The zero-order valence-corrected chi connectivity index (χ0v) is 13.2. The van der Waals surface area contributed by atoms with Crippen molar-refractivity contribution in [3.8, 4) is 5.75 Å². The predicted octanol–water partition coefficient (Wildman–Crippen LogP) is 1.45. The first kappa shape index (κ1) is 15.4. The summed E-state index contributed by atoms with van der Waals surface area (Å²) in [5.41, 5.74) is 4.82. The summed E-state index contributed by atoms with van der Waals surface area (Å²) in [5.74, 6) is 0.672. The predicted molar refractivity (Wildman–Crippen MR) is 84.7 cm³/mol. The van der Waals surface area contributed by atoms with E-state index in [1.807, 2.05) is 19.1 Å². The van der Waals surface area contributed by atoms with E-state index in [-0.39, 0.29) is 24.5 Å². The summed E-state index contributed by atoms with van der Waals surface area (Å²) in [6, 6.07) is 7.31. The van der Waals surface area contributed by atoms with Gasteiger partial charge in [-0.1, -0.05) is 15.9 Å². The van der Waals surface area contributed by atoms with E-state index >= 15 is 0 Å². The lowest BCUT2D eigenvalue weighted by atomic mass is 10.3. The molecule has 112 valence electrons. The number of nitrogens with two attached hydrogens (primary N) is 1. The molecule has 2 N–H and O–H groups in total. The maximum Gasteiger partial charge on any atom is 0.331 e. The average Bonchev–Trinajstić information content (AvgIpc) is 2.48. The first-order valence-electron chi connectivity index (χ1n) is 6.51. The van der Waals surface area contributed by atoms with Crippen molar-refractivity contribution in [2.24, 2.45) is 0 Å². The SMILES string of the molecule is CCn1cc(N)c(=O)n(CCOc2ccc(Br)cc2)c1=O. The van der Waals surface area contributed by atoms with Crippen LogP contribution in [0.25, 0.3) is 0 Å². The Morgan fingerprint density at radius 3 is 2.52 bits per heavy atom. The molecule has 2 rings (SSSR count). The third-order valence-corrected chi connectivity index (χ3v) is 3.53. The largest absolute Gasteiger partial charge is 0.492 e. The number of ether oxygens (including phenoxy) is 1. The number of benzene rings is 1. The molecule has 0 radical (unpaired) electrons. The van der Waals surface area contributed by atoms with Crippen LogP contribution in [0.15, 0.2) is 44.5 Å². The van der Waals surface area contributed by atoms with Crippen molar-refractivity contribution in [3.63, 3.8) is 0 Å². The Morgan fingerprint density at radius 1 is 1.24 bits per heavy atom. The molecule has 1 heterocycles. The van der Waals surface area contributed by atoms with E-state index in [0.717, 1.165) is 9.04 Å². The summed E-state index contributed by atoms with van der Waals surface area (Å²) < 4.78 is 8.96. The van der Waals surface area contributed by atoms with Crippen LogP contribution in [0.2, 0.25) is 0 Å². The molecule has 0 saturated carbocycles. The molecular weight excluding hydrogens is 338 g/mol. The number of anilines is 1. The standard InChI is InChI=1S/C14H16BrN3O3/c1-2-17-9-12(16)13(19)18(14(17)20)7-8-21-11-5-3-10(15)4-6-11/h3-6,9H,2,7-8,16H2,1H3. The molecule has 2 aromatic rings. The van der Waals surface area contributed by atoms with Crippen LogP contribution in [-0.4, -0.2) is 15.7 Å². The summed E-state index contributed by atoms with van der Waals surface area (Å²) in [4.78, 5) is 24.0. The minimum absolute atomic E-state index is 0.0556. The molecule has 0 aliphatic rings. The molecule has 0 amide bonds. The zero-order valence-electron chi connectivity index (χ0n) is 11.6. The Balaban J connectivity index is 2.13. The van der Waals surface area contributed by atoms with Crippen molar-refractivity contribution < 1.29 is 4.74 Å². The van der Waals surface area contributed by atoms with Crippen LogP contribution in [0, 0.1) is 0 Å². The Hall–Kier alpha value is -2.02. The Bertz CT molecular complexity index is 735. The lowest BCUT2D eigenvalue weighted by Crippen LogP contribution is -2.41. The van der Waals surface area contributed by atoms with Gasteiger partial charge in [0.1, 0.15) is 18.0 Å². The number of nitrogens with zero attached hydrogens (tertiary/aromatic N) is 2. The van der Waals surface area contributed by atoms with Crippen molar-refractivity contribution in [2.45, 2.75) is 20.0 Å². The lowest BCUT2D eigenvalue weighted by Gasteiger charge is -2.11. The zero-order chi connectivity index (χ0) is 15.4. The Labute approximate surface area is 129 Å². The van der Waals surface area contributed by atoms with Gasteiger partial charge in [0.15, 0.2) is 0 Å². The minimum atomic E-state index is -0.482. The molecule has 0 atom stereocenters. The first-order chi connectivity index (χ1) is 10.0. The highest BCUT2D eigenvalue weighted by molar-refractivity contribution is 9.10. The molecule has 0 aliphatic heterocycles. The second-order valence-corrected chi connectivity index (χ2v) is 5.33. The van der Waals surface area contributed by atoms with Gasteiger partial charge < -0.3 is 10.5 Å². The van der Waals surface area contributed by atoms with Crippen LogP contribution in [0.4, 0.5) is 5.69 Å². The highest BCUT2D eigenvalue weighted by Gasteiger charge is 2.08. The average molecular weight is 354 g/mol. The maximum absolute atomic E-state index is 12.1. The number of hydrogen-bond acceptors (Lipinski definition) is 4. The third kappa shape index (κ3) is 3.55. The number of nitrogen functional groups attached to an aromatic ring is 1. The van der Waals surface area contributed by atoms with Gasteiger partial charge in [-0.2, -0.15) is 0 Å². The fourth-order valence-electron chi connectivity index (χ4n) is 1.89. The van der Waals surface area contributed by atoms with Crippen molar-refractivity contribution in [1.29, 1.82) is 0 Å². The number of hydrogen-bond donors (Lipinski definition) is 1. The fourth-order valence-corrected chi connectivity index (χ4v) is 2.15. The summed E-state index contributed by atoms with van der Waals surface area (Å²) in [7, 11) is 0. The quantitative estimate of drug-likeness (QED) is 0.882. The van der Waals surface area contributed by atoms with Gasteiger partial charge in [0.2, 0.25) is 0 Å². The van der Waals surface area contributed by atoms with Crippen molar-refractivity contribution in [2.75, 3.05) is 12.3 Å². The van der Waals surface area contributed by atoms with Gasteiger partial charge in [-0.15, -0.1) is 0 Å². The minimum Gasteiger partial charge on any atom is -0.492 e. The topological polar surface area (TPSA) is 79.2 Å². The van der Waals surface area contributed by atoms with Crippen LogP contribution >= 0.6 is 15.9 Å². The molecule has 6 nitrogen and oxygen atoms in total. The molecule has 0 fully saturated rings. The number of rotatable bonds is 5. The molecule has 1 aromatic carbocycles. The van der Waals surface area contributed by atoms with E-state index < -0.39 is 5.56 Å². The molecule has 0 bridgehead atoms. The van der Waals surface area contributed by atoms with E-state index in [9.17, 15) is 9.59 Å². The monoisotopic (exact) mass is 353 g/mol. The highest BCUT2D eigenvalue weighted by atomic mass is 79.9. The summed E-state index contributed by atoms with van der Waals surface area (Å²) in [6.45, 7) is 2.63. The van der Waals surface area contributed by atoms with Crippen LogP contribution < -0.4 is 21.7 Å². The molecule has 1 aromatic heterocycles. The summed E-state index contributed by atoms with van der Waals surface area (Å²) in [5, 5.41) is 0. The third-order valence-electron chi connectivity index (χ3n) is 3.00. The van der Waals surface area contributed by atoms with Gasteiger partial charge in [-0.25, -0.2) is 4.79 Å². The molecular formula is C14H16BrN3O3. The molecule has 21 heavy (non-hydrogen) atoms. The molecule has 0 spiro atoms. The van der Waals surface area contributed by atoms with Gasteiger partial charge in [-0.3, -0.25) is 13.9 Å². The van der Waals surface area contributed by atoms with E-state index in [2.05, 4.69) is 15.9 Å². The van der Waals surface area contributed by atoms with Crippen molar-refractivity contribution in [3.05, 3.63) is 55.8 Å². The highest BCUT2D eigenvalue weighted by Crippen LogP contribution is 2.15. The molecule has 0 saturated heterocycles. The van der Waals surface area contributed by atoms with E-state index in [1.165, 1.54) is 10.8 Å². The smallest absolute Gasteiger partial charge is 0.331 e. The van der Waals surface area contributed by atoms with Crippen LogP contribution in [-0.2, 0) is 13.1 Å². The molecule has 7 heteroatoms.